The molecule has 78 valence electrons. The van der Waals surface area contributed by atoms with Gasteiger partial charge in [0.15, 0.2) is 0 Å². The third-order valence-electron chi connectivity index (χ3n) is 2.08. The molecule has 0 amide bonds. The second-order valence-electron chi connectivity index (χ2n) is 3.65. The number of hydrogen-bond acceptors (Lipinski definition) is 2. The van der Waals surface area contributed by atoms with Crippen LogP contribution in [-0.2, 0) is 0 Å². The summed E-state index contributed by atoms with van der Waals surface area (Å²) < 4.78 is 0. The molecular formula is C11H16ClNO. The van der Waals surface area contributed by atoms with Crippen LogP contribution in [0.4, 0.5) is 5.69 Å². The Labute approximate surface area is 89.9 Å². The highest BCUT2D eigenvalue weighted by Crippen LogP contribution is 2.22. The molecule has 0 saturated heterocycles. The van der Waals surface area contributed by atoms with Crippen LogP contribution in [0.5, 0.6) is 0 Å². The molecule has 0 fully saturated rings. The van der Waals surface area contributed by atoms with Crippen molar-refractivity contribution >= 4 is 17.3 Å². The summed E-state index contributed by atoms with van der Waals surface area (Å²) in [6.45, 7) is 4.91. The minimum Gasteiger partial charge on any atom is -0.396 e. The van der Waals surface area contributed by atoms with Crippen LogP contribution in [0.3, 0.4) is 0 Å². The van der Waals surface area contributed by atoms with Crippen molar-refractivity contribution in [2.24, 2.45) is 5.92 Å². The molecule has 0 heterocycles. The number of aliphatic hydroxyl groups excluding tert-OH is 1. The van der Waals surface area contributed by atoms with Gasteiger partial charge in [0.1, 0.15) is 0 Å². The van der Waals surface area contributed by atoms with Gasteiger partial charge < -0.3 is 10.4 Å². The minimum absolute atomic E-state index is 0.191. The maximum absolute atomic E-state index is 8.85. The predicted octanol–water partition coefficient (Wildman–Crippen LogP) is 2.69. The van der Waals surface area contributed by atoms with Crippen LogP contribution in [0.15, 0.2) is 18.2 Å². The second-order valence-corrected chi connectivity index (χ2v) is 4.06. The lowest BCUT2D eigenvalue weighted by atomic mass is 10.2. The fourth-order valence-electron chi connectivity index (χ4n) is 1.11. The highest BCUT2D eigenvalue weighted by Gasteiger charge is 2.02. The Bertz CT molecular complexity index is 301. The Morgan fingerprint density at radius 1 is 1.50 bits per heavy atom. The van der Waals surface area contributed by atoms with Crippen LogP contribution in [0, 0.1) is 12.8 Å². The van der Waals surface area contributed by atoms with Gasteiger partial charge in [-0.25, -0.2) is 0 Å². The van der Waals surface area contributed by atoms with Gasteiger partial charge in [0, 0.05) is 13.2 Å². The van der Waals surface area contributed by atoms with E-state index in [2.05, 4.69) is 5.32 Å². The van der Waals surface area contributed by atoms with E-state index in [1.165, 1.54) is 0 Å². The Kier molecular flexibility index (Phi) is 4.23. The van der Waals surface area contributed by atoms with Crippen molar-refractivity contribution in [1.29, 1.82) is 0 Å². The van der Waals surface area contributed by atoms with Gasteiger partial charge in [-0.15, -0.1) is 0 Å². The molecule has 2 nitrogen and oxygen atoms in total. The summed E-state index contributed by atoms with van der Waals surface area (Å²) in [6, 6.07) is 5.90. The third kappa shape index (κ3) is 3.20. The summed E-state index contributed by atoms with van der Waals surface area (Å²) >= 11 is 6.03. The fourth-order valence-corrected chi connectivity index (χ4v) is 1.41. The van der Waals surface area contributed by atoms with Crippen molar-refractivity contribution < 1.29 is 5.11 Å². The summed E-state index contributed by atoms with van der Waals surface area (Å²) in [5, 5.41) is 12.8. The lowest BCUT2D eigenvalue weighted by Gasteiger charge is -2.12. The van der Waals surface area contributed by atoms with Crippen molar-refractivity contribution in [1.82, 2.24) is 0 Å². The highest BCUT2D eigenvalue weighted by molar-refractivity contribution is 6.33. The molecule has 0 saturated carbocycles. The topological polar surface area (TPSA) is 32.3 Å². The van der Waals surface area contributed by atoms with Crippen LogP contribution in [0.2, 0.25) is 5.02 Å². The van der Waals surface area contributed by atoms with E-state index in [9.17, 15) is 0 Å². The van der Waals surface area contributed by atoms with E-state index in [0.29, 0.717) is 0 Å². The van der Waals surface area contributed by atoms with Gasteiger partial charge in [-0.05, 0) is 30.5 Å². The lowest BCUT2D eigenvalue weighted by molar-refractivity contribution is 0.244. The predicted molar refractivity (Wildman–Crippen MR) is 60.9 cm³/mol. The lowest BCUT2D eigenvalue weighted by Crippen LogP contribution is -2.14. The van der Waals surface area contributed by atoms with E-state index in [4.69, 9.17) is 16.7 Å². The molecule has 0 bridgehead atoms. The number of nitrogens with one attached hydrogen (secondary N) is 1. The first-order chi connectivity index (χ1) is 6.63. The molecule has 1 rings (SSSR count). The zero-order chi connectivity index (χ0) is 10.6. The maximum atomic E-state index is 8.85. The number of rotatable bonds is 4. The molecule has 1 aromatic rings. The third-order valence-corrected chi connectivity index (χ3v) is 2.39. The van der Waals surface area contributed by atoms with Crippen molar-refractivity contribution in [3.8, 4) is 0 Å². The second kappa shape index (κ2) is 5.23. The SMILES string of the molecule is Cc1ccc(NCC(C)CO)c(Cl)c1. The van der Waals surface area contributed by atoms with E-state index < -0.39 is 0 Å². The van der Waals surface area contributed by atoms with Crippen LogP contribution < -0.4 is 5.32 Å². The molecule has 14 heavy (non-hydrogen) atoms. The van der Waals surface area contributed by atoms with Gasteiger partial charge in [0.2, 0.25) is 0 Å². The quantitative estimate of drug-likeness (QED) is 0.806. The molecule has 0 spiro atoms. The zero-order valence-electron chi connectivity index (χ0n) is 8.55. The van der Waals surface area contributed by atoms with Crippen molar-refractivity contribution in [2.45, 2.75) is 13.8 Å². The van der Waals surface area contributed by atoms with Crippen LogP contribution >= 0.6 is 11.6 Å². The number of anilines is 1. The van der Waals surface area contributed by atoms with Crippen molar-refractivity contribution in [2.75, 3.05) is 18.5 Å². The standard InChI is InChI=1S/C11H16ClNO/c1-8-3-4-11(10(12)5-8)13-6-9(2)7-14/h3-5,9,13-14H,6-7H2,1-2H3. The van der Waals surface area contributed by atoms with Crippen molar-refractivity contribution in [3.05, 3.63) is 28.8 Å². The molecule has 3 heteroatoms. The number of hydrogen-bond donors (Lipinski definition) is 2. The van der Waals surface area contributed by atoms with E-state index in [0.717, 1.165) is 22.8 Å². The van der Waals surface area contributed by atoms with Gasteiger partial charge in [-0.2, -0.15) is 0 Å². The minimum atomic E-state index is 0.191. The van der Waals surface area contributed by atoms with E-state index >= 15 is 0 Å². The van der Waals surface area contributed by atoms with Gasteiger partial charge in [-0.3, -0.25) is 0 Å². The van der Waals surface area contributed by atoms with Crippen LogP contribution in [-0.4, -0.2) is 18.3 Å². The van der Waals surface area contributed by atoms with E-state index in [-0.39, 0.29) is 12.5 Å². The summed E-state index contributed by atoms with van der Waals surface area (Å²) in [7, 11) is 0. The molecule has 1 aromatic carbocycles. The molecule has 0 aromatic heterocycles. The Morgan fingerprint density at radius 3 is 2.79 bits per heavy atom. The molecule has 0 aliphatic rings. The largest absolute Gasteiger partial charge is 0.396 e. The van der Waals surface area contributed by atoms with E-state index in [1.807, 2.05) is 32.0 Å². The molecule has 1 unspecified atom stereocenters. The number of aliphatic hydroxyl groups is 1. The summed E-state index contributed by atoms with van der Waals surface area (Å²) in [5.74, 6) is 0.243. The maximum Gasteiger partial charge on any atom is 0.0640 e. The number of aryl methyl sites for hydroxylation is 1. The molecule has 0 aliphatic heterocycles. The smallest absolute Gasteiger partial charge is 0.0640 e. The Morgan fingerprint density at radius 2 is 2.21 bits per heavy atom. The normalized spacial score (nSPS) is 12.6. The first-order valence-electron chi connectivity index (χ1n) is 4.74. The first-order valence-corrected chi connectivity index (χ1v) is 5.12. The summed E-state index contributed by atoms with van der Waals surface area (Å²) in [6.07, 6.45) is 0. The molecule has 0 aliphatic carbocycles. The summed E-state index contributed by atoms with van der Waals surface area (Å²) in [4.78, 5) is 0. The van der Waals surface area contributed by atoms with Crippen molar-refractivity contribution in [3.63, 3.8) is 0 Å². The number of benzene rings is 1. The Balaban J connectivity index is 2.59. The van der Waals surface area contributed by atoms with Gasteiger partial charge >= 0.3 is 0 Å². The van der Waals surface area contributed by atoms with E-state index in [1.54, 1.807) is 0 Å². The monoisotopic (exact) mass is 213 g/mol. The van der Waals surface area contributed by atoms with Gasteiger partial charge in [-0.1, -0.05) is 24.6 Å². The highest BCUT2D eigenvalue weighted by atomic mass is 35.5. The van der Waals surface area contributed by atoms with Crippen LogP contribution in [0.25, 0.3) is 0 Å². The Hall–Kier alpha value is -0.730. The molecule has 0 radical (unpaired) electrons. The fraction of sp³-hybridized carbons (Fsp3) is 0.455. The average Bonchev–Trinajstić information content (AvgIpc) is 2.16. The molecule has 2 N–H and O–H groups in total. The van der Waals surface area contributed by atoms with Gasteiger partial charge in [0.25, 0.3) is 0 Å². The number of halogens is 1. The molecular weight excluding hydrogens is 198 g/mol. The summed E-state index contributed by atoms with van der Waals surface area (Å²) in [5.41, 5.74) is 2.08. The molecule has 1 atom stereocenters. The van der Waals surface area contributed by atoms with Gasteiger partial charge in [0.05, 0.1) is 10.7 Å². The first kappa shape index (κ1) is 11.3. The zero-order valence-corrected chi connectivity index (χ0v) is 9.30. The average molecular weight is 214 g/mol. The van der Waals surface area contributed by atoms with Crippen LogP contribution in [0.1, 0.15) is 12.5 Å².